The number of carbonyl (C=O) groups excluding carboxylic acids is 1. The summed E-state index contributed by atoms with van der Waals surface area (Å²) in [5, 5.41) is 9.82. The first-order valence-corrected chi connectivity index (χ1v) is 5.69. The molecule has 3 heteroatoms. The summed E-state index contributed by atoms with van der Waals surface area (Å²) in [5.74, 6) is -0.135. The summed E-state index contributed by atoms with van der Waals surface area (Å²) in [5.41, 5.74) is 0.487. The number of hydrogen-bond acceptors (Lipinski definition) is 2. The van der Waals surface area contributed by atoms with Crippen LogP contribution in [0.3, 0.4) is 0 Å². The third kappa shape index (κ3) is 4.98. The molecule has 0 saturated carbocycles. The first kappa shape index (κ1) is 14.2. The molecule has 0 heterocycles. The van der Waals surface area contributed by atoms with Crippen LogP contribution in [0.25, 0.3) is 0 Å². The molecule has 15 heavy (non-hydrogen) atoms. The summed E-state index contributed by atoms with van der Waals surface area (Å²) in [7, 11) is 0. The standard InChI is InChI=1S/C12H23NO2/c1-5-7-9-13(11(14)8-6-2)12(15)10(3)4/h11,14H,3,5-9H2,1-2,4H3. The molecule has 0 aliphatic carbocycles. The van der Waals surface area contributed by atoms with Crippen LogP contribution in [0, 0.1) is 0 Å². The first-order valence-electron chi connectivity index (χ1n) is 5.69. The number of hydrogen-bond donors (Lipinski definition) is 1. The molecule has 0 fully saturated rings. The fourth-order valence-corrected chi connectivity index (χ4v) is 1.37. The Balaban J connectivity index is 4.41. The van der Waals surface area contributed by atoms with Gasteiger partial charge < -0.3 is 10.0 Å². The van der Waals surface area contributed by atoms with Gasteiger partial charge in [0.15, 0.2) is 0 Å². The molecule has 1 atom stereocenters. The van der Waals surface area contributed by atoms with Crippen LogP contribution >= 0.6 is 0 Å². The largest absolute Gasteiger partial charge is 0.374 e. The number of rotatable bonds is 7. The highest BCUT2D eigenvalue weighted by Crippen LogP contribution is 2.09. The summed E-state index contributed by atoms with van der Waals surface area (Å²) in [6.45, 7) is 9.98. The van der Waals surface area contributed by atoms with Gasteiger partial charge in [0.2, 0.25) is 0 Å². The van der Waals surface area contributed by atoms with Gasteiger partial charge in [0.05, 0.1) is 0 Å². The molecular weight excluding hydrogens is 190 g/mol. The lowest BCUT2D eigenvalue weighted by Gasteiger charge is -2.28. The van der Waals surface area contributed by atoms with Gasteiger partial charge in [-0.25, -0.2) is 0 Å². The van der Waals surface area contributed by atoms with Crippen molar-refractivity contribution in [1.82, 2.24) is 4.90 Å². The van der Waals surface area contributed by atoms with E-state index in [0.717, 1.165) is 19.3 Å². The highest BCUT2D eigenvalue weighted by Gasteiger charge is 2.20. The Labute approximate surface area is 92.8 Å². The van der Waals surface area contributed by atoms with E-state index >= 15 is 0 Å². The van der Waals surface area contributed by atoms with Gasteiger partial charge in [0.1, 0.15) is 6.23 Å². The van der Waals surface area contributed by atoms with E-state index in [2.05, 4.69) is 13.5 Å². The Morgan fingerprint density at radius 1 is 1.40 bits per heavy atom. The first-order chi connectivity index (χ1) is 7.04. The van der Waals surface area contributed by atoms with E-state index < -0.39 is 6.23 Å². The summed E-state index contributed by atoms with van der Waals surface area (Å²) in [6.07, 6.45) is 2.76. The van der Waals surface area contributed by atoms with Gasteiger partial charge in [-0.1, -0.05) is 33.3 Å². The Bertz CT molecular complexity index is 214. The van der Waals surface area contributed by atoms with Crippen LogP contribution in [0.1, 0.15) is 46.5 Å². The average Bonchev–Trinajstić information content (AvgIpc) is 2.18. The van der Waals surface area contributed by atoms with Gasteiger partial charge in [0.25, 0.3) is 5.91 Å². The van der Waals surface area contributed by atoms with Crippen LogP contribution in [-0.2, 0) is 4.79 Å². The summed E-state index contributed by atoms with van der Waals surface area (Å²) < 4.78 is 0. The normalized spacial score (nSPS) is 12.3. The molecule has 0 aromatic carbocycles. The molecule has 0 radical (unpaired) electrons. The number of aliphatic hydroxyl groups is 1. The van der Waals surface area contributed by atoms with Crippen molar-refractivity contribution >= 4 is 5.91 Å². The van der Waals surface area contributed by atoms with Crippen molar-refractivity contribution in [3.63, 3.8) is 0 Å². The molecular formula is C12H23NO2. The number of aliphatic hydroxyl groups excluding tert-OH is 1. The fraction of sp³-hybridized carbons (Fsp3) is 0.750. The summed E-state index contributed by atoms with van der Waals surface area (Å²) in [6, 6.07) is 0. The highest BCUT2D eigenvalue weighted by molar-refractivity contribution is 5.92. The molecule has 88 valence electrons. The van der Waals surface area contributed by atoms with Crippen LogP contribution in [0.2, 0.25) is 0 Å². The maximum atomic E-state index is 11.7. The zero-order chi connectivity index (χ0) is 11.8. The van der Waals surface area contributed by atoms with Gasteiger partial charge in [-0.15, -0.1) is 0 Å². The van der Waals surface area contributed by atoms with Crippen molar-refractivity contribution in [2.75, 3.05) is 6.54 Å². The second-order valence-corrected chi connectivity index (χ2v) is 3.90. The van der Waals surface area contributed by atoms with Crippen LogP contribution in [0.4, 0.5) is 0 Å². The number of nitrogens with zero attached hydrogens (tertiary/aromatic N) is 1. The van der Waals surface area contributed by atoms with E-state index in [9.17, 15) is 9.90 Å². The van der Waals surface area contributed by atoms with Crippen LogP contribution < -0.4 is 0 Å². The number of carbonyl (C=O) groups is 1. The lowest BCUT2D eigenvalue weighted by atomic mass is 10.2. The third-order valence-corrected chi connectivity index (χ3v) is 2.29. The molecule has 1 amide bonds. The minimum atomic E-state index is -0.661. The molecule has 0 saturated heterocycles. The molecule has 0 aliphatic rings. The van der Waals surface area contributed by atoms with E-state index in [1.807, 2.05) is 6.92 Å². The predicted octanol–water partition coefficient (Wildman–Crippen LogP) is 2.31. The Hall–Kier alpha value is -0.830. The number of unbranched alkanes of at least 4 members (excludes halogenated alkanes) is 1. The topological polar surface area (TPSA) is 40.5 Å². The SMILES string of the molecule is C=C(C)C(=O)N(CCCC)C(O)CCC. The second-order valence-electron chi connectivity index (χ2n) is 3.90. The van der Waals surface area contributed by atoms with Crippen LogP contribution in [0.5, 0.6) is 0 Å². The predicted molar refractivity (Wildman–Crippen MR) is 62.3 cm³/mol. The van der Waals surface area contributed by atoms with Crippen molar-refractivity contribution in [3.8, 4) is 0 Å². The van der Waals surface area contributed by atoms with Crippen LogP contribution in [-0.4, -0.2) is 28.7 Å². The molecule has 0 aliphatic heterocycles. The van der Waals surface area contributed by atoms with E-state index in [0.29, 0.717) is 18.5 Å². The molecule has 0 spiro atoms. The summed E-state index contributed by atoms with van der Waals surface area (Å²) in [4.78, 5) is 13.3. The minimum absolute atomic E-state index is 0.135. The molecule has 3 nitrogen and oxygen atoms in total. The highest BCUT2D eigenvalue weighted by atomic mass is 16.3. The van der Waals surface area contributed by atoms with E-state index in [1.165, 1.54) is 4.90 Å². The average molecular weight is 213 g/mol. The maximum absolute atomic E-state index is 11.7. The molecule has 0 bridgehead atoms. The lowest BCUT2D eigenvalue weighted by molar-refractivity contribution is -0.137. The van der Waals surface area contributed by atoms with E-state index in [4.69, 9.17) is 0 Å². The smallest absolute Gasteiger partial charge is 0.250 e. The van der Waals surface area contributed by atoms with Gasteiger partial charge in [-0.05, 0) is 19.8 Å². The second kappa shape index (κ2) is 7.46. The van der Waals surface area contributed by atoms with Gasteiger partial charge >= 0.3 is 0 Å². The molecule has 0 aromatic heterocycles. The maximum Gasteiger partial charge on any atom is 0.250 e. The Morgan fingerprint density at radius 2 is 2.00 bits per heavy atom. The van der Waals surface area contributed by atoms with E-state index in [-0.39, 0.29) is 5.91 Å². The lowest BCUT2D eigenvalue weighted by Crippen LogP contribution is -2.41. The van der Waals surface area contributed by atoms with Gasteiger partial charge in [-0.2, -0.15) is 0 Å². The van der Waals surface area contributed by atoms with Crippen molar-refractivity contribution < 1.29 is 9.90 Å². The molecule has 1 unspecified atom stereocenters. The van der Waals surface area contributed by atoms with Gasteiger partial charge in [0, 0.05) is 12.1 Å². The van der Waals surface area contributed by atoms with Crippen LogP contribution in [0.15, 0.2) is 12.2 Å². The third-order valence-electron chi connectivity index (χ3n) is 2.29. The fourth-order valence-electron chi connectivity index (χ4n) is 1.37. The van der Waals surface area contributed by atoms with Crippen molar-refractivity contribution in [2.24, 2.45) is 0 Å². The molecule has 1 N–H and O–H groups in total. The Morgan fingerprint density at radius 3 is 2.40 bits per heavy atom. The van der Waals surface area contributed by atoms with Crippen molar-refractivity contribution in [1.29, 1.82) is 0 Å². The monoisotopic (exact) mass is 213 g/mol. The quantitative estimate of drug-likeness (QED) is 0.521. The molecule has 0 rings (SSSR count). The van der Waals surface area contributed by atoms with E-state index in [1.54, 1.807) is 6.92 Å². The number of amides is 1. The Kier molecular flexibility index (Phi) is 7.05. The molecule has 0 aromatic rings. The van der Waals surface area contributed by atoms with Crippen molar-refractivity contribution in [3.05, 3.63) is 12.2 Å². The summed E-state index contributed by atoms with van der Waals surface area (Å²) >= 11 is 0. The zero-order valence-electron chi connectivity index (χ0n) is 10.1. The van der Waals surface area contributed by atoms with Gasteiger partial charge in [-0.3, -0.25) is 4.79 Å². The zero-order valence-corrected chi connectivity index (χ0v) is 10.1. The van der Waals surface area contributed by atoms with Crippen molar-refractivity contribution in [2.45, 2.75) is 52.7 Å². The minimum Gasteiger partial charge on any atom is -0.374 e.